The molecule has 2 N–H and O–H groups in total. The molecule has 0 radical (unpaired) electrons. The average molecular weight is 601 g/mol. The van der Waals surface area contributed by atoms with E-state index in [1.54, 1.807) is 30.3 Å². The Balaban J connectivity index is 0.00000450. The summed E-state index contributed by atoms with van der Waals surface area (Å²) in [4.78, 5) is 23.0. The van der Waals surface area contributed by atoms with E-state index in [1.165, 1.54) is 0 Å². The molecule has 0 aliphatic carbocycles. The first-order valence-electron chi connectivity index (χ1n) is 8.33. The summed E-state index contributed by atoms with van der Waals surface area (Å²) in [6.45, 7) is -0.103. The van der Waals surface area contributed by atoms with E-state index in [2.05, 4.69) is 5.32 Å². The summed E-state index contributed by atoms with van der Waals surface area (Å²) in [5.74, 6) is -5.03. The number of carbonyl (C=O) groups excluding carboxylic acids is 1. The number of amides is 1. The van der Waals surface area contributed by atoms with Crippen LogP contribution in [0.4, 0.5) is 26.7 Å². The Morgan fingerprint density at radius 1 is 1.03 bits per heavy atom. The number of hydrogen-bond acceptors (Lipinski definition) is 3. The number of benzene rings is 2. The third-order valence-electron chi connectivity index (χ3n) is 3.91. The Bertz CT molecular complexity index is 854. The molecule has 162 valence electrons. The minimum atomic E-state index is -5.19. The molecule has 1 atom stereocenters. The number of ether oxygens (including phenoxy) is 1. The topological polar surface area (TPSA) is 75.6 Å². The van der Waals surface area contributed by atoms with Gasteiger partial charge in [0.25, 0.3) is 0 Å². The fourth-order valence-corrected chi connectivity index (χ4v) is 2.52. The summed E-state index contributed by atoms with van der Waals surface area (Å²) >= 11 is 0. The van der Waals surface area contributed by atoms with Crippen molar-refractivity contribution in [2.75, 3.05) is 0 Å². The number of alkyl halides is 3. The van der Waals surface area contributed by atoms with Crippen molar-refractivity contribution in [3.05, 3.63) is 70.8 Å². The number of alkyl carbamates (subject to hydrolysis) is 1. The van der Waals surface area contributed by atoms with Crippen LogP contribution in [0.25, 0.3) is 0 Å². The smallest absolute Gasteiger partial charge is 0.422 e. The normalized spacial score (nSPS) is 11.9. The molecule has 0 bridgehead atoms. The Morgan fingerprint density at radius 2 is 1.60 bits per heavy atom. The van der Waals surface area contributed by atoms with Gasteiger partial charge in [-0.3, -0.25) is 0 Å². The van der Waals surface area contributed by atoms with Crippen molar-refractivity contribution in [3.63, 3.8) is 0 Å². The summed E-state index contributed by atoms with van der Waals surface area (Å²) in [6, 6.07) is 8.09. The monoisotopic (exact) mass is 601 g/mol. The Kier molecular flexibility index (Phi) is 9.42. The van der Waals surface area contributed by atoms with Gasteiger partial charge in [-0.05, 0) is 36.1 Å². The van der Waals surface area contributed by atoms with Gasteiger partial charge >= 0.3 is 18.2 Å². The fraction of sp³-hybridized carbons (Fsp3) is 0.263. The van der Waals surface area contributed by atoms with Gasteiger partial charge in [0, 0.05) is 21.1 Å². The molecular formula is C19H16F5NO4W. The molecule has 2 aromatic rings. The molecule has 30 heavy (non-hydrogen) atoms. The fourth-order valence-electron chi connectivity index (χ4n) is 2.52. The maximum atomic E-state index is 13.6. The molecule has 0 saturated carbocycles. The van der Waals surface area contributed by atoms with Gasteiger partial charge in [0.15, 0.2) is 0 Å². The predicted molar refractivity (Wildman–Crippen MR) is 90.9 cm³/mol. The van der Waals surface area contributed by atoms with Crippen molar-refractivity contribution in [2.45, 2.75) is 31.7 Å². The molecule has 0 aromatic heterocycles. The van der Waals surface area contributed by atoms with E-state index in [-0.39, 0.29) is 46.1 Å². The Labute approximate surface area is 182 Å². The summed E-state index contributed by atoms with van der Waals surface area (Å²) in [6.07, 6.45) is -6.83. The molecule has 11 heteroatoms. The molecule has 5 nitrogen and oxygen atoms in total. The quantitative estimate of drug-likeness (QED) is 0.465. The van der Waals surface area contributed by atoms with E-state index in [1.807, 2.05) is 0 Å². The molecule has 0 aliphatic heterocycles. The predicted octanol–water partition coefficient (Wildman–Crippen LogP) is 4.29. The van der Waals surface area contributed by atoms with E-state index in [9.17, 15) is 36.6 Å². The first-order chi connectivity index (χ1) is 13.6. The van der Waals surface area contributed by atoms with Crippen LogP contribution < -0.4 is 5.32 Å². The number of carboxylic acid groups (broad SMARTS) is 1. The van der Waals surface area contributed by atoms with Crippen molar-refractivity contribution in [3.8, 4) is 0 Å². The van der Waals surface area contributed by atoms with Crippen molar-refractivity contribution in [2.24, 2.45) is 0 Å². The van der Waals surface area contributed by atoms with Crippen LogP contribution in [0.1, 0.15) is 23.1 Å². The van der Waals surface area contributed by atoms with Crippen LogP contribution in [-0.4, -0.2) is 23.2 Å². The van der Waals surface area contributed by atoms with Crippen LogP contribution in [-0.2, 0) is 49.8 Å². The van der Waals surface area contributed by atoms with Crippen molar-refractivity contribution < 1.29 is 62.4 Å². The summed E-state index contributed by atoms with van der Waals surface area (Å²) < 4.78 is 69.8. The van der Waals surface area contributed by atoms with Gasteiger partial charge < -0.3 is 15.2 Å². The second-order valence-corrected chi connectivity index (χ2v) is 6.07. The SMILES string of the molecule is O=C(N[C@@H](CCc1cc(F)c(C(F)(F)F)c(F)c1)C(=O)O)OCc1ccccc1.[W]. The van der Waals surface area contributed by atoms with Crippen LogP contribution in [0.5, 0.6) is 0 Å². The van der Waals surface area contributed by atoms with Gasteiger partial charge in [-0.25, -0.2) is 18.4 Å². The van der Waals surface area contributed by atoms with Crippen LogP contribution in [0.3, 0.4) is 0 Å². The number of aliphatic carboxylic acids is 1. The van der Waals surface area contributed by atoms with E-state index in [4.69, 9.17) is 4.74 Å². The standard InChI is InChI=1S/C19H16F5NO4.W/c20-13-8-12(9-14(21)16(13)19(22,23)24)6-7-15(17(26)27)25-18(28)29-10-11-4-2-1-3-5-11;/h1-5,8-9,15H,6-7,10H2,(H,25,28)(H,26,27);/t15-;/m0./s1. The number of halogens is 5. The molecule has 1 amide bonds. The number of rotatable bonds is 7. The molecule has 0 aliphatic rings. The third-order valence-corrected chi connectivity index (χ3v) is 3.91. The second kappa shape index (κ2) is 11.1. The van der Waals surface area contributed by atoms with Gasteiger partial charge in [0.1, 0.15) is 29.8 Å². The van der Waals surface area contributed by atoms with Gasteiger partial charge in [0.2, 0.25) is 0 Å². The second-order valence-electron chi connectivity index (χ2n) is 6.07. The molecule has 0 spiro atoms. The molecular weight excluding hydrogens is 585 g/mol. The van der Waals surface area contributed by atoms with Crippen molar-refractivity contribution >= 4 is 12.1 Å². The molecule has 0 fully saturated rings. The Morgan fingerprint density at radius 3 is 2.10 bits per heavy atom. The van der Waals surface area contributed by atoms with Crippen LogP contribution in [0.2, 0.25) is 0 Å². The van der Waals surface area contributed by atoms with E-state index < -0.39 is 41.5 Å². The molecule has 2 rings (SSSR count). The number of aryl methyl sites for hydroxylation is 1. The third kappa shape index (κ3) is 7.40. The van der Waals surface area contributed by atoms with E-state index in [0.29, 0.717) is 17.7 Å². The first-order valence-corrected chi connectivity index (χ1v) is 8.33. The maximum Gasteiger partial charge on any atom is 0.422 e. The largest absolute Gasteiger partial charge is 0.480 e. The molecule has 0 saturated heterocycles. The zero-order valence-electron chi connectivity index (χ0n) is 15.2. The minimum Gasteiger partial charge on any atom is -0.480 e. The van der Waals surface area contributed by atoms with Gasteiger partial charge in [-0.2, -0.15) is 13.2 Å². The average Bonchev–Trinajstić information content (AvgIpc) is 2.62. The van der Waals surface area contributed by atoms with E-state index in [0.717, 1.165) is 0 Å². The van der Waals surface area contributed by atoms with E-state index >= 15 is 0 Å². The zero-order valence-corrected chi connectivity index (χ0v) is 18.1. The first kappa shape index (κ1) is 25.6. The summed E-state index contributed by atoms with van der Waals surface area (Å²) in [5, 5.41) is 11.3. The number of hydrogen-bond donors (Lipinski definition) is 2. The van der Waals surface area contributed by atoms with Gasteiger partial charge in [0.05, 0.1) is 0 Å². The van der Waals surface area contributed by atoms with Crippen LogP contribution >= 0.6 is 0 Å². The molecule has 0 heterocycles. The molecule has 2 aromatic carbocycles. The van der Waals surface area contributed by atoms with Gasteiger partial charge in [-0.1, -0.05) is 30.3 Å². The van der Waals surface area contributed by atoms with Gasteiger partial charge in [-0.15, -0.1) is 0 Å². The Hall–Kier alpha value is -2.48. The van der Waals surface area contributed by atoms with Crippen LogP contribution in [0.15, 0.2) is 42.5 Å². The summed E-state index contributed by atoms with van der Waals surface area (Å²) in [5.41, 5.74) is -1.53. The number of nitrogens with one attached hydrogen (secondary N) is 1. The van der Waals surface area contributed by atoms with Crippen molar-refractivity contribution in [1.82, 2.24) is 5.32 Å². The van der Waals surface area contributed by atoms with Crippen LogP contribution in [0, 0.1) is 11.6 Å². The molecule has 0 unspecified atom stereocenters. The number of carbonyl (C=O) groups is 2. The number of carboxylic acids is 1. The maximum absolute atomic E-state index is 13.6. The summed E-state index contributed by atoms with van der Waals surface area (Å²) in [7, 11) is 0. The minimum absolute atomic E-state index is 0. The zero-order chi connectivity index (χ0) is 21.6. The van der Waals surface area contributed by atoms with Crippen molar-refractivity contribution in [1.29, 1.82) is 0 Å².